The Balaban J connectivity index is 1.88. The lowest BCUT2D eigenvalue weighted by Crippen LogP contribution is -2.23. The average Bonchev–Trinajstić information content (AvgIpc) is 2.98. The van der Waals surface area contributed by atoms with Crippen LogP contribution >= 0.6 is 0 Å². The highest BCUT2D eigenvalue weighted by atomic mass is 16.5. The molecule has 2 aromatic rings. The Hall–Kier alpha value is -1.75. The number of hydrogen-bond acceptors (Lipinski definition) is 5. The van der Waals surface area contributed by atoms with Gasteiger partial charge >= 0.3 is 0 Å². The molecule has 0 saturated heterocycles. The predicted molar refractivity (Wildman–Crippen MR) is 62.1 cm³/mol. The fourth-order valence-corrected chi connectivity index (χ4v) is 2.31. The molecule has 1 aliphatic rings. The molecule has 5 heteroatoms. The van der Waals surface area contributed by atoms with E-state index < -0.39 is 0 Å². The van der Waals surface area contributed by atoms with Gasteiger partial charge < -0.3 is 10.3 Å². The summed E-state index contributed by atoms with van der Waals surface area (Å²) in [6, 6.07) is 3.87. The summed E-state index contributed by atoms with van der Waals surface area (Å²) in [5.41, 5.74) is 6.92. The van der Waals surface area contributed by atoms with E-state index in [9.17, 15) is 0 Å². The van der Waals surface area contributed by atoms with Crippen molar-refractivity contribution in [1.82, 2.24) is 15.1 Å². The normalized spacial score (nSPS) is 24.1. The van der Waals surface area contributed by atoms with E-state index in [1.54, 1.807) is 12.4 Å². The minimum absolute atomic E-state index is 0.165. The SMILES string of the molecule is N[C@@H]1CCC[C@H]1c1noc(-c2ccncc2)n1. The fourth-order valence-electron chi connectivity index (χ4n) is 2.31. The lowest BCUT2D eigenvalue weighted by Gasteiger charge is -2.09. The highest BCUT2D eigenvalue weighted by Crippen LogP contribution is 2.32. The molecule has 1 aliphatic carbocycles. The Morgan fingerprint density at radius 3 is 2.76 bits per heavy atom. The average molecular weight is 230 g/mol. The molecule has 2 heterocycles. The van der Waals surface area contributed by atoms with Crippen LogP contribution in [-0.2, 0) is 0 Å². The van der Waals surface area contributed by atoms with Crippen molar-refractivity contribution < 1.29 is 4.52 Å². The maximum Gasteiger partial charge on any atom is 0.258 e. The second kappa shape index (κ2) is 4.25. The summed E-state index contributed by atoms with van der Waals surface area (Å²) in [5.74, 6) is 1.53. The van der Waals surface area contributed by atoms with E-state index in [0.717, 1.165) is 30.7 Å². The summed E-state index contributed by atoms with van der Waals surface area (Å²) in [6.07, 6.45) is 6.66. The van der Waals surface area contributed by atoms with Crippen molar-refractivity contribution in [3.05, 3.63) is 30.4 Å². The van der Waals surface area contributed by atoms with Gasteiger partial charge in [0.1, 0.15) is 0 Å². The number of nitrogens with zero attached hydrogens (tertiary/aromatic N) is 3. The highest BCUT2D eigenvalue weighted by Gasteiger charge is 2.29. The molecule has 17 heavy (non-hydrogen) atoms. The Morgan fingerprint density at radius 1 is 1.24 bits per heavy atom. The first-order valence-corrected chi connectivity index (χ1v) is 5.84. The molecule has 0 aliphatic heterocycles. The van der Waals surface area contributed by atoms with Gasteiger partial charge in [0, 0.05) is 29.9 Å². The third-order valence-electron chi connectivity index (χ3n) is 3.27. The van der Waals surface area contributed by atoms with Crippen LogP contribution in [0.15, 0.2) is 29.0 Å². The molecule has 0 aromatic carbocycles. The van der Waals surface area contributed by atoms with Crippen molar-refractivity contribution >= 4 is 0 Å². The zero-order valence-corrected chi connectivity index (χ0v) is 9.41. The van der Waals surface area contributed by atoms with Crippen molar-refractivity contribution in [1.29, 1.82) is 0 Å². The van der Waals surface area contributed by atoms with E-state index in [0.29, 0.717) is 5.89 Å². The molecule has 88 valence electrons. The first kappa shape index (κ1) is 10.4. The monoisotopic (exact) mass is 230 g/mol. The quantitative estimate of drug-likeness (QED) is 0.850. The van der Waals surface area contributed by atoms with E-state index >= 15 is 0 Å². The van der Waals surface area contributed by atoms with Crippen LogP contribution < -0.4 is 5.73 Å². The molecule has 2 N–H and O–H groups in total. The van der Waals surface area contributed by atoms with E-state index in [2.05, 4.69) is 15.1 Å². The minimum Gasteiger partial charge on any atom is -0.334 e. The first-order valence-electron chi connectivity index (χ1n) is 5.84. The van der Waals surface area contributed by atoms with E-state index in [4.69, 9.17) is 10.3 Å². The van der Waals surface area contributed by atoms with Crippen LogP contribution in [0.3, 0.4) is 0 Å². The molecular weight excluding hydrogens is 216 g/mol. The maximum absolute atomic E-state index is 6.03. The molecule has 2 atom stereocenters. The van der Waals surface area contributed by atoms with Gasteiger partial charge in [0.2, 0.25) is 0 Å². The molecule has 0 unspecified atom stereocenters. The van der Waals surface area contributed by atoms with Gasteiger partial charge in [-0.3, -0.25) is 4.98 Å². The van der Waals surface area contributed by atoms with Crippen LogP contribution in [0.1, 0.15) is 31.0 Å². The summed E-state index contributed by atoms with van der Waals surface area (Å²) >= 11 is 0. The maximum atomic E-state index is 6.03. The van der Waals surface area contributed by atoms with Crippen LogP contribution in [-0.4, -0.2) is 21.2 Å². The first-order chi connectivity index (χ1) is 8.34. The topological polar surface area (TPSA) is 77.8 Å². The minimum atomic E-state index is 0.165. The van der Waals surface area contributed by atoms with Gasteiger partial charge in [-0.15, -0.1) is 0 Å². The lowest BCUT2D eigenvalue weighted by atomic mass is 10.0. The zero-order valence-electron chi connectivity index (χ0n) is 9.41. The van der Waals surface area contributed by atoms with Gasteiger partial charge in [0.25, 0.3) is 5.89 Å². The third kappa shape index (κ3) is 1.93. The Kier molecular flexibility index (Phi) is 2.60. The molecule has 0 amide bonds. The van der Waals surface area contributed by atoms with Crippen molar-refractivity contribution in [2.75, 3.05) is 0 Å². The molecule has 5 nitrogen and oxygen atoms in total. The van der Waals surface area contributed by atoms with E-state index in [-0.39, 0.29) is 12.0 Å². The van der Waals surface area contributed by atoms with Crippen LogP contribution in [0.5, 0.6) is 0 Å². The molecule has 3 rings (SSSR count). The van der Waals surface area contributed by atoms with Crippen molar-refractivity contribution in [3.8, 4) is 11.5 Å². The fraction of sp³-hybridized carbons (Fsp3) is 0.417. The number of rotatable bonds is 2. The second-order valence-electron chi connectivity index (χ2n) is 4.39. The smallest absolute Gasteiger partial charge is 0.258 e. The van der Waals surface area contributed by atoms with Crippen LogP contribution in [0, 0.1) is 0 Å². The summed E-state index contributed by atoms with van der Waals surface area (Å²) in [6.45, 7) is 0. The Labute approximate surface area is 99.1 Å². The molecular formula is C12H14N4O. The van der Waals surface area contributed by atoms with Crippen LogP contribution in [0.25, 0.3) is 11.5 Å². The van der Waals surface area contributed by atoms with Gasteiger partial charge in [0.05, 0.1) is 0 Å². The highest BCUT2D eigenvalue weighted by molar-refractivity contribution is 5.51. The van der Waals surface area contributed by atoms with Gasteiger partial charge in [-0.1, -0.05) is 11.6 Å². The van der Waals surface area contributed by atoms with E-state index in [1.165, 1.54) is 0 Å². The van der Waals surface area contributed by atoms with Crippen LogP contribution in [0.2, 0.25) is 0 Å². The van der Waals surface area contributed by atoms with Crippen molar-refractivity contribution in [2.24, 2.45) is 5.73 Å². The molecule has 2 aromatic heterocycles. The number of hydrogen-bond donors (Lipinski definition) is 1. The largest absolute Gasteiger partial charge is 0.334 e. The zero-order chi connectivity index (χ0) is 11.7. The Morgan fingerprint density at radius 2 is 2.06 bits per heavy atom. The number of aromatic nitrogens is 3. The standard InChI is InChI=1S/C12H14N4O/c13-10-3-1-2-9(10)11-15-12(17-16-11)8-4-6-14-7-5-8/h4-7,9-10H,1-3,13H2/t9-,10-/m1/s1. The van der Waals surface area contributed by atoms with Gasteiger partial charge in [-0.25, -0.2) is 0 Å². The summed E-state index contributed by atoms with van der Waals surface area (Å²) in [7, 11) is 0. The summed E-state index contributed by atoms with van der Waals surface area (Å²) < 4.78 is 5.27. The summed E-state index contributed by atoms with van der Waals surface area (Å²) in [5, 5.41) is 4.04. The molecule has 0 bridgehead atoms. The van der Waals surface area contributed by atoms with Crippen molar-refractivity contribution in [2.45, 2.75) is 31.2 Å². The molecule has 0 radical (unpaired) electrons. The number of pyridine rings is 1. The predicted octanol–water partition coefficient (Wildman–Crippen LogP) is 1.73. The Bertz CT molecular complexity index is 496. The summed E-state index contributed by atoms with van der Waals surface area (Å²) in [4.78, 5) is 8.38. The van der Waals surface area contributed by atoms with Gasteiger partial charge in [0.15, 0.2) is 5.82 Å². The lowest BCUT2D eigenvalue weighted by molar-refractivity contribution is 0.412. The number of nitrogens with two attached hydrogens (primary N) is 1. The van der Waals surface area contributed by atoms with Gasteiger partial charge in [-0.05, 0) is 25.0 Å². The van der Waals surface area contributed by atoms with Gasteiger partial charge in [-0.2, -0.15) is 4.98 Å². The molecule has 1 saturated carbocycles. The van der Waals surface area contributed by atoms with E-state index in [1.807, 2.05) is 12.1 Å². The van der Waals surface area contributed by atoms with Crippen LogP contribution in [0.4, 0.5) is 0 Å². The second-order valence-corrected chi connectivity index (χ2v) is 4.39. The van der Waals surface area contributed by atoms with Crippen molar-refractivity contribution in [3.63, 3.8) is 0 Å². The third-order valence-corrected chi connectivity index (χ3v) is 3.27. The molecule has 0 spiro atoms. The molecule has 1 fully saturated rings.